The Labute approximate surface area is 152 Å². The molecule has 0 bridgehead atoms. The van der Waals surface area contributed by atoms with Gasteiger partial charge in [-0.25, -0.2) is 4.79 Å². The maximum absolute atomic E-state index is 12.9. The van der Waals surface area contributed by atoms with Gasteiger partial charge >= 0.3 is 6.03 Å². The molecule has 2 saturated heterocycles. The molecule has 1 atom stereocenters. The summed E-state index contributed by atoms with van der Waals surface area (Å²) in [4.78, 5) is 44.8. The van der Waals surface area contributed by atoms with Crippen LogP contribution < -0.4 is 10.6 Å². The van der Waals surface area contributed by atoms with Gasteiger partial charge in [0.2, 0.25) is 5.91 Å². The summed E-state index contributed by atoms with van der Waals surface area (Å²) in [5.41, 5.74) is -0.0909. The van der Waals surface area contributed by atoms with E-state index in [2.05, 4.69) is 15.6 Å². The third-order valence-electron chi connectivity index (χ3n) is 4.76. The minimum absolute atomic E-state index is 0.0243. The number of carbonyl (C=O) groups is 3. The molecule has 140 valence electrons. The van der Waals surface area contributed by atoms with Crippen molar-refractivity contribution in [2.24, 2.45) is 5.41 Å². The molecule has 1 aromatic heterocycles. The minimum atomic E-state index is -0.466. The van der Waals surface area contributed by atoms with Gasteiger partial charge in [-0.3, -0.25) is 14.6 Å². The van der Waals surface area contributed by atoms with E-state index in [1.54, 1.807) is 34.2 Å². The molecule has 1 spiro atoms. The van der Waals surface area contributed by atoms with E-state index < -0.39 is 5.41 Å². The Balaban J connectivity index is 1.82. The molecule has 3 heterocycles. The largest absolute Gasteiger partial charge is 0.355 e. The Kier molecular flexibility index (Phi) is 5.11. The SMILES string of the molecule is CC(C)NC(=O)N1CCN(C(=O)c2ccccn2)C[C@]2(CNC(=O)C2)C1. The van der Waals surface area contributed by atoms with Crippen LogP contribution in [0, 0.1) is 5.41 Å². The maximum Gasteiger partial charge on any atom is 0.317 e. The number of nitrogens with zero attached hydrogens (tertiary/aromatic N) is 3. The number of amides is 4. The molecule has 0 aromatic carbocycles. The summed E-state index contributed by atoms with van der Waals surface area (Å²) in [6, 6.07) is 5.08. The Bertz CT molecular complexity index is 693. The number of hydrogen-bond acceptors (Lipinski definition) is 4. The highest BCUT2D eigenvalue weighted by atomic mass is 16.2. The van der Waals surface area contributed by atoms with Crippen LogP contribution in [0.25, 0.3) is 0 Å². The van der Waals surface area contributed by atoms with Crippen molar-refractivity contribution >= 4 is 17.8 Å². The first kappa shape index (κ1) is 18.2. The quantitative estimate of drug-likeness (QED) is 0.802. The molecule has 0 unspecified atom stereocenters. The lowest BCUT2D eigenvalue weighted by molar-refractivity contribution is -0.119. The lowest BCUT2D eigenvalue weighted by Crippen LogP contribution is -2.48. The van der Waals surface area contributed by atoms with Crippen molar-refractivity contribution in [1.82, 2.24) is 25.4 Å². The number of aromatic nitrogens is 1. The Morgan fingerprint density at radius 3 is 2.58 bits per heavy atom. The molecule has 4 amide bonds. The van der Waals surface area contributed by atoms with Gasteiger partial charge in [-0.1, -0.05) is 6.07 Å². The zero-order valence-corrected chi connectivity index (χ0v) is 15.2. The zero-order chi connectivity index (χ0) is 18.7. The van der Waals surface area contributed by atoms with Crippen LogP contribution in [0.15, 0.2) is 24.4 Å². The van der Waals surface area contributed by atoms with Crippen LogP contribution in [0.5, 0.6) is 0 Å². The van der Waals surface area contributed by atoms with Crippen molar-refractivity contribution in [2.75, 3.05) is 32.7 Å². The summed E-state index contributed by atoms with van der Waals surface area (Å²) >= 11 is 0. The first-order valence-corrected chi connectivity index (χ1v) is 8.91. The lowest BCUT2D eigenvalue weighted by Gasteiger charge is -2.32. The highest BCUT2D eigenvalue weighted by Crippen LogP contribution is 2.31. The Morgan fingerprint density at radius 2 is 1.96 bits per heavy atom. The Morgan fingerprint density at radius 1 is 1.23 bits per heavy atom. The standard InChI is InChI=1S/C18H25N5O3/c1-13(2)21-17(26)23-8-7-22(16(25)14-5-3-4-6-19-14)11-18(12-23)9-15(24)20-10-18/h3-6,13H,7-12H2,1-2H3,(H,20,24)(H,21,26)/t18-/m0/s1. The van der Waals surface area contributed by atoms with Crippen molar-refractivity contribution < 1.29 is 14.4 Å². The van der Waals surface area contributed by atoms with Crippen LogP contribution in [-0.2, 0) is 4.79 Å². The first-order valence-electron chi connectivity index (χ1n) is 8.91. The molecule has 0 saturated carbocycles. The molecule has 2 aliphatic rings. The third-order valence-corrected chi connectivity index (χ3v) is 4.76. The van der Waals surface area contributed by atoms with Gasteiger partial charge in [0, 0.05) is 56.8 Å². The van der Waals surface area contributed by atoms with Crippen LogP contribution >= 0.6 is 0 Å². The predicted octanol–water partition coefficient (Wildman–Crippen LogP) is 0.464. The summed E-state index contributed by atoms with van der Waals surface area (Å²) in [6.45, 7) is 5.97. The van der Waals surface area contributed by atoms with Gasteiger partial charge in [-0.05, 0) is 26.0 Å². The average molecular weight is 359 g/mol. The molecule has 26 heavy (non-hydrogen) atoms. The number of pyridine rings is 1. The molecule has 2 fully saturated rings. The predicted molar refractivity (Wildman–Crippen MR) is 95.4 cm³/mol. The second-order valence-corrected chi connectivity index (χ2v) is 7.42. The molecule has 0 aliphatic carbocycles. The molecule has 3 rings (SSSR count). The monoisotopic (exact) mass is 359 g/mol. The van der Waals surface area contributed by atoms with Gasteiger partial charge in [0.1, 0.15) is 5.69 Å². The third kappa shape index (κ3) is 3.95. The van der Waals surface area contributed by atoms with E-state index in [-0.39, 0.29) is 23.9 Å². The summed E-state index contributed by atoms with van der Waals surface area (Å²) in [5.74, 6) is -0.211. The van der Waals surface area contributed by atoms with Crippen LogP contribution in [0.3, 0.4) is 0 Å². The van der Waals surface area contributed by atoms with Gasteiger partial charge in [-0.15, -0.1) is 0 Å². The summed E-state index contributed by atoms with van der Waals surface area (Å²) in [7, 11) is 0. The van der Waals surface area contributed by atoms with Crippen LogP contribution in [0.2, 0.25) is 0 Å². The number of urea groups is 1. The van der Waals surface area contributed by atoms with E-state index in [9.17, 15) is 14.4 Å². The first-order chi connectivity index (χ1) is 12.4. The summed E-state index contributed by atoms with van der Waals surface area (Å²) in [6.07, 6.45) is 1.90. The topological polar surface area (TPSA) is 94.6 Å². The van der Waals surface area contributed by atoms with Crippen LogP contribution in [0.4, 0.5) is 4.79 Å². The number of hydrogen-bond donors (Lipinski definition) is 2. The lowest BCUT2D eigenvalue weighted by atomic mass is 9.86. The van der Waals surface area contributed by atoms with Gasteiger partial charge < -0.3 is 20.4 Å². The van der Waals surface area contributed by atoms with Crippen LogP contribution in [0.1, 0.15) is 30.8 Å². The Hall–Kier alpha value is -2.64. The van der Waals surface area contributed by atoms with Gasteiger partial charge in [0.15, 0.2) is 0 Å². The molecule has 8 heteroatoms. The number of rotatable bonds is 2. The molecule has 1 aromatic rings. The molecule has 8 nitrogen and oxygen atoms in total. The van der Waals surface area contributed by atoms with Gasteiger partial charge in [0.05, 0.1) is 0 Å². The van der Waals surface area contributed by atoms with Crippen LogP contribution in [-0.4, -0.2) is 71.4 Å². The minimum Gasteiger partial charge on any atom is -0.355 e. The van der Waals surface area contributed by atoms with Crippen molar-refractivity contribution in [3.63, 3.8) is 0 Å². The van der Waals surface area contributed by atoms with Gasteiger partial charge in [0.25, 0.3) is 5.91 Å². The van der Waals surface area contributed by atoms with Gasteiger partial charge in [-0.2, -0.15) is 0 Å². The summed E-state index contributed by atoms with van der Waals surface area (Å²) < 4.78 is 0. The van der Waals surface area contributed by atoms with E-state index in [1.807, 2.05) is 13.8 Å². The highest BCUT2D eigenvalue weighted by molar-refractivity contribution is 5.92. The fourth-order valence-corrected chi connectivity index (χ4v) is 3.57. The molecular formula is C18H25N5O3. The molecule has 0 radical (unpaired) electrons. The fourth-order valence-electron chi connectivity index (χ4n) is 3.57. The smallest absolute Gasteiger partial charge is 0.317 e. The number of nitrogens with one attached hydrogen (secondary N) is 2. The van der Waals surface area contributed by atoms with E-state index in [0.29, 0.717) is 44.8 Å². The second-order valence-electron chi connectivity index (χ2n) is 7.42. The summed E-state index contributed by atoms with van der Waals surface area (Å²) in [5, 5.41) is 5.76. The van der Waals surface area contributed by atoms with Crippen molar-refractivity contribution in [3.05, 3.63) is 30.1 Å². The maximum atomic E-state index is 12.9. The number of carbonyl (C=O) groups excluding carboxylic acids is 3. The van der Waals surface area contributed by atoms with Crippen molar-refractivity contribution in [2.45, 2.75) is 26.3 Å². The molecule has 2 aliphatic heterocycles. The molecule has 2 N–H and O–H groups in total. The van der Waals surface area contributed by atoms with E-state index in [0.717, 1.165) is 0 Å². The van der Waals surface area contributed by atoms with E-state index in [1.165, 1.54) is 0 Å². The van der Waals surface area contributed by atoms with E-state index in [4.69, 9.17) is 0 Å². The van der Waals surface area contributed by atoms with E-state index >= 15 is 0 Å². The molecular weight excluding hydrogens is 334 g/mol. The van der Waals surface area contributed by atoms with Crippen molar-refractivity contribution in [1.29, 1.82) is 0 Å². The zero-order valence-electron chi connectivity index (χ0n) is 15.2. The van der Waals surface area contributed by atoms with Crippen molar-refractivity contribution in [3.8, 4) is 0 Å². The average Bonchev–Trinajstić information content (AvgIpc) is 2.86. The second kappa shape index (κ2) is 7.31. The normalized spacial score (nSPS) is 23.1. The fraction of sp³-hybridized carbons (Fsp3) is 0.556. The highest BCUT2D eigenvalue weighted by Gasteiger charge is 2.45.